The van der Waals surface area contributed by atoms with Crippen LogP contribution < -0.4 is 0 Å². The van der Waals surface area contributed by atoms with Crippen LogP contribution in [0.4, 0.5) is 0 Å². The van der Waals surface area contributed by atoms with Crippen LogP contribution in [-0.2, 0) is 0 Å². The number of carbonyl (C=O) groups is 1. The van der Waals surface area contributed by atoms with Gasteiger partial charge in [-0.2, -0.15) is 0 Å². The molecule has 0 aromatic carbocycles. The molecule has 1 aromatic heterocycles. The van der Waals surface area contributed by atoms with Crippen molar-refractivity contribution in [3.8, 4) is 0 Å². The van der Waals surface area contributed by atoms with Crippen molar-refractivity contribution in [2.75, 3.05) is 0 Å². The van der Waals surface area contributed by atoms with Crippen LogP contribution in [0.2, 0.25) is 0 Å². The molecular formula is C8H13ClN2O. The Labute approximate surface area is 78.0 Å². The predicted octanol–water partition coefficient (Wildman–Crippen LogP) is 2.06. The Morgan fingerprint density at radius 2 is 2.42 bits per heavy atom. The SMILES string of the molecule is CCC(C)C(=O)c1ncc[nH]1.Cl. The average Bonchev–Trinajstić information content (AvgIpc) is 2.53. The maximum absolute atomic E-state index is 11.3. The van der Waals surface area contributed by atoms with E-state index < -0.39 is 0 Å². The van der Waals surface area contributed by atoms with E-state index in [-0.39, 0.29) is 24.1 Å². The minimum absolute atomic E-state index is 0. The van der Waals surface area contributed by atoms with Gasteiger partial charge >= 0.3 is 0 Å². The van der Waals surface area contributed by atoms with E-state index in [2.05, 4.69) is 9.97 Å². The Bertz CT molecular complexity index is 233. The normalized spacial score (nSPS) is 11.8. The molecule has 1 N–H and O–H groups in total. The summed E-state index contributed by atoms with van der Waals surface area (Å²) in [5.41, 5.74) is 0. The molecular weight excluding hydrogens is 176 g/mol. The first kappa shape index (κ1) is 11.2. The van der Waals surface area contributed by atoms with E-state index in [9.17, 15) is 4.79 Å². The highest BCUT2D eigenvalue weighted by Gasteiger charge is 2.14. The number of Topliss-reactive ketones (excluding diaryl/α,β-unsaturated/α-hetero) is 1. The number of rotatable bonds is 3. The van der Waals surface area contributed by atoms with Gasteiger partial charge in [0.25, 0.3) is 0 Å². The number of carbonyl (C=O) groups excluding carboxylic acids is 1. The van der Waals surface area contributed by atoms with Crippen LogP contribution in [0, 0.1) is 5.92 Å². The van der Waals surface area contributed by atoms with Crippen molar-refractivity contribution in [2.45, 2.75) is 20.3 Å². The van der Waals surface area contributed by atoms with Crippen LogP contribution in [0.25, 0.3) is 0 Å². The van der Waals surface area contributed by atoms with E-state index in [4.69, 9.17) is 0 Å². The van der Waals surface area contributed by atoms with Crippen molar-refractivity contribution in [1.29, 1.82) is 0 Å². The van der Waals surface area contributed by atoms with Gasteiger partial charge in [0, 0.05) is 18.3 Å². The number of hydrogen-bond donors (Lipinski definition) is 1. The van der Waals surface area contributed by atoms with Crippen LogP contribution in [0.5, 0.6) is 0 Å². The fraction of sp³-hybridized carbons (Fsp3) is 0.500. The van der Waals surface area contributed by atoms with Gasteiger partial charge in [0.05, 0.1) is 0 Å². The summed E-state index contributed by atoms with van der Waals surface area (Å²) in [6.07, 6.45) is 4.12. The molecule has 0 bridgehead atoms. The molecule has 0 spiro atoms. The van der Waals surface area contributed by atoms with E-state index in [1.54, 1.807) is 12.4 Å². The lowest BCUT2D eigenvalue weighted by Gasteiger charge is -2.02. The summed E-state index contributed by atoms with van der Waals surface area (Å²) in [5.74, 6) is 0.637. The lowest BCUT2D eigenvalue weighted by Crippen LogP contribution is -2.11. The Morgan fingerprint density at radius 3 is 2.83 bits per heavy atom. The van der Waals surface area contributed by atoms with E-state index >= 15 is 0 Å². The molecule has 0 fully saturated rings. The molecule has 4 heteroatoms. The molecule has 1 heterocycles. The Hall–Kier alpha value is -0.830. The molecule has 0 saturated carbocycles. The molecule has 1 atom stereocenters. The zero-order chi connectivity index (χ0) is 8.27. The minimum Gasteiger partial charge on any atom is -0.342 e. The summed E-state index contributed by atoms with van der Waals surface area (Å²) in [5, 5.41) is 0. The van der Waals surface area contributed by atoms with Crippen LogP contribution in [-0.4, -0.2) is 15.8 Å². The van der Waals surface area contributed by atoms with Gasteiger partial charge in [-0.1, -0.05) is 13.8 Å². The molecule has 3 nitrogen and oxygen atoms in total. The first-order valence-corrected chi connectivity index (χ1v) is 3.79. The van der Waals surface area contributed by atoms with Gasteiger partial charge in [-0.15, -0.1) is 12.4 Å². The monoisotopic (exact) mass is 188 g/mol. The summed E-state index contributed by atoms with van der Waals surface area (Å²) in [6, 6.07) is 0. The number of hydrogen-bond acceptors (Lipinski definition) is 2. The van der Waals surface area contributed by atoms with Gasteiger partial charge in [0.2, 0.25) is 5.78 Å². The fourth-order valence-corrected chi connectivity index (χ4v) is 0.819. The number of imidazole rings is 1. The summed E-state index contributed by atoms with van der Waals surface area (Å²) in [7, 11) is 0. The molecule has 68 valence electrons. The first-order valence-electron chi connectivity index (χ1n) is 3.79. The summed E-state index contributed by atoms with van der Waals surface area (Å²) >= 11 is 0. The Kier molecular flexibility index (Phi) is 4.59. The molecule has 0 saturated heterocycles. The standard InChI is InChI=1S/C8H12N2O.ClH/c1-3-6(2)7(11)8-9-4-5-10-8;/h4-6H,3H2,1-2H3,(H,9,10);1H. The molecule has 0 aliphatic rings. The maximum Gasteiger partial charge on any atom is 0.200 e. The van der Waals surface area contributed by atoms with Gasteiger partial charge in [-0.3, -0.25) is 4.79 Å². The highest BCUT2D eigenvalue weighted by atomic mass is 35.5. The number of halogens is 1. The van der Waals surface area contributed by atoms with E-state index in [0.29, 0.717) is 5.82 Å². The maximum atomic E-state index is 11.3. The van der Waals surface area contributed by atoms with Gasteiger partial charge in [-0.25, -0.2) is 4.98 Å². The number of aromatic amines is 1. The van der Waals surface area contributed by atoms with Crippen molar-refractivity contribution in [3.05, 3.63) is 18.2 Å². The number of H-pyrrole nitrogens is 1. The summed E-state index contributed by atoms with van der Waals surface area (Å²) in [6.45, 7) is 3.90. The molecule has 0 amide bonds. The Morgan fingerprint density at radius 1 is 1.75 bits per heavy atom. The molecule has 12 heavy (non-hydrogen) atoms. The molecule has 1 rings (SSSR count). The second kappa shape index (κ2) is 4.93. The van der Waals surface area contributed by atoms with E-state index in [1.165, 1.54) is 0 Å². The van der Waals surface area contributed by atoms with E-state index in [1.807, 2.05) is 13.8 Å². The lowest BCUT2D eigenvalue weighted by atomic mass is 10.0. The van der Waals surface area contributed by atoms with Crippen LogP contribution in [0.1, 0.15) is 30.9 Å². The number of nitrogens with one attached hydrogen (secondary N) is 1. The Balaban J connectivity index is 0.00000121. The van der Waals surface area contributed by atoms with Crippen molar-refractivity contribution in [2.24, 2.45) is 5.92 Å². The summed E-state index contributed by atoms with van der Waals surface area (Å²) < 4.78 is 0. The van der Waals surface area contributed by atoms with Gasteiger partial charge < -0.3 is 4.98 Å². The quantitative estimate of drug-likeness (QED) is 0.739. The largest absolute Gasteiger partial charge is 0.342 e. The highest BCUT2D eigenvalue weighted by Crippen LogP contribution is 2.06. The second-order valence-electron chi connectivity index (χ2n) is 2.61. The smallest absolute Gasteiger partial charge is 0.200 e. The van der Waals surface area contributed by atoms with Crippen molar-refractivity contribution in [1.82, 2.24) is 9.97 Å². The van der Waals surface area contributed by atoms with Crippen molar-refractivity contribution >= 4 is 18.2 Å². The average molecular weight is 189 g/mol. The predicted molar refractivity (Wildman–Crippen MR) is 49.6 cm³/mol. The van der Waals surface area contributed by atoms with Crippen LogP contribution >= 0.6 is 12.4 Å². The zero-order valence-corrected chi connectivity index (χ0v) is 8.02. The fourth-order valence-electron chi connectivity index (χ4n) is 0.819. The van der Waals surface area contributed by atoms with Crippen molar-refractivity contribution in [3.63, 3.8) is 0 Å². The van der Waals surface area contributed by atoms with Gasteiger partial charge in [0.15, 0.2) is 5.82 Å². The highest BCUT2D eigenvalue weighted by molar-refractivity contribution is 5.94. The lowest BCUT2D eigenvalue weighted by molar-refractivity contribution is 0.0917. The van der Waals surface area contributed by atoms with E-state index in [0.717, 1.165) is 6.42 Å². The zero-order valence-electron chi connectivity index (χ0n) is 7.20. The number of aromatic nitrogens is 2. The molecule has 0 aliphatic heterocycles. The van der Waals surface area contributed by atoms with Crippen molar-refractivity contribution < 1.29 is 4.79 Å². The first-order chi connectivity index (χ1) is 5.25. The van der Waals surface area contributed by atoms with Crippen LogP contribution in [0.15, 0.2) is 12.4 Å². The third-order valence-corrected chi connectivity index (χ3v) is 1.79. The van der Waals surface area contributed by atoms with Gasteiger partial charge in [-0.05, 0) is 6.42 Å². The third kappa shape index (κ3) is 2.34. The number of ketones is 1. The third-order valence-electron chi connectivity index (χ3n) is 1.79. The van der Waals surface area contributed by atoms with Crippen LogP contribution in [0.3, 0.4) is 0 Å². The molecule has 0 aliphatic carbocycles. The minimum atomic E-state index is 0. The number of nitrogens with zero attached hydrogens (tertiary/aromatic N) is 1. The molecule has 1 aromatic rings. The molecule has 1 unspecified atom stereocenters. The topological polar surface area (TPSA) is 45.8 Å². The second-order valence-corrected chi connectivity index (χ2v) is 2.61. The van der Waals surface area contributed by atoms with Gasteiger partial charge in [0.1, 0.15) is 0 Å². The summed E-state index contributed by atoms with van der Waals surface area (Å²) in [4.78, 5) is 18.0. The molecule has 0 radical (unpaired) electrons.